The summed E-state index contributed by atoms with van der Waals surface area (Å²) in [7, 11) is 0. The minimum absolute atomic E-state index is 0.324. The predicted octanol–water partition coefficient (Wildman–Crippen LogP) is 3.05. The molecule has 1 aromatic heterocycles. The van der Waals surface area contributed by atoms with E-state index in [1.54, 1.807) is 11.3 Å². The van der Waals surface area contributed by atoms with Crippen LogP contribution in [0.4, 0.5) is 0 Å². The fourth-order valence-corrected chi connectivity index (χ4v) is 3.83. The first-order chi connectivity index (χ1) is 9.43. The van der Waals surface area contributed by atoms with Crippen molar-refractivity contribution in [1.82, 2.24) is 15.2 Å². The fourth-order valence-electron chi connectivity index (χ4n) is 3.22. The zero-order valence-electron chi connectivity index (χ0n) is 13.1. The maximum Gasteiger partial charge on any atom is 0.0897 e. The molecule has 1 saturated carbocycles. The highest BCUT2D eigenvalue weighted by Crippen LogP contribution is 2.38. The summed E-state index contributed by atoms with van der Waals surface area (Å²) < 4.78 is 0. The molecule has 112 valence electrons. The van der Waals surface area contributed by atoms with Gasteiger partial charge < -0.3 is 5.32 Å². The Morgan fingerprint density at radius 2 is 2.15 bits per heavy atom. The number of rotatable bonds is 3. The number of nitrogens with zero attached hydrogens (tertiary/aromatic N) is 2. The van der Waals surface area contributed by atoms with Crippen LogP contribution in [0.5, 0.6) is 0 Å². The van der Waals surface area contributed by atoms with Crippen LogP contribution in [0, 0.1) is 18.3 Å². The molecule has 0 spiro atoms. The number of piperazine rings is 1. The molecule has 2 fully saturated rings. The first kappa shape index (κ1) is 14.5. The van der Waals surface area contributed by atoms with E-state index in [0.717, 1.165) is 31.6 Å². The van der Waals surface area contributed by atoms with Gasteiger partial charge in [0, 0.05) is 37.1 Å². The van der Waals surface area contributed by atoms with Gasteiger partial charge in [0.25, 0.3) is 0 Å². The van der Waals surface area contributed by atoms with Crippen LogP contribution in [-0.2, 0) is 6.54 Å². The summed E-state index contributed by atoms with van der Waals surface area (Å²) in [6.45, 7) is 12.5. The Kier molecular flexibility index (Phi) is 3.91. The topological polar surface area (TPSA) is 28.2 Å². The first-order valence-corrected chi connectivity index (χ1v) is 8.70. The number of hydrogen-bond donors (Lipinski definition) is 1. The van der Waals surface area contributed by atoms with Crippen molar-refractivity contribution < 1.29 is 0 Å². The van der Waals surface area contributed by atoms with Gasteiger partial charge in [0.2, 0.25) is 0 Å². The van der Waals surface area contributed by atoms with Gasteiger partial charge in [0.15, 0.2) is 0 Å². The second-order valence-corrected chi connectivity index (χ2v) is 8.58. The van der Waals surface area contributed by atoms with Crippen LogP contribution in [0.2, 0.25) is 0 Å². The van der Waals surface area contributed by atoms with Crippen LogP contribution < -0.4 is 5.32 Å². The van der Waals surface area contributed by atoms with Gasteiger partial charge in [-0.2, -0.15) is 0 Å². The SMILES string of the molecule is Cc1nc(CN2CC(C(C)(C)C)NCC2C2CC2)cs1. The van der Waals surface area contributed by atoms with Gasteiger partial charge in [0.05, 0.1) is 10.7 Å². The van der Waals surface area contributed by atoms with Gasteiger partial charge in [-0.25, -0.2) is 4.98 Å². The van der Waals surface area contributed by atoms with Crippen LogP contribution in [-0.4, -0.2) is 35.1 Å². The number of aromatic nitrogens is 1. The van der Waals surface area contributed by atoms with Crippen molar-refractivity contribution in [3.8, 4) is 0 Å². The van der Waals surface area contributed by atoms with Crippen molar-refractivity contribution in [2.75, 3.05) is 13.1 Å². The van der Waals surface area contributed by atoms with E-state index in [2.05, 4.69) is 48.3 Å². The number of thiazole rings is 1. The van der Waals surface area contributed by atoms with Crippen molar-refractivity contribution in [2.24, 2.45) is 11.3 Å². The molecule has 0 radical (unpaired) electrons. The van der Waals surface area contributed by atoms with Crippen LogP contribution in [0.25, 0.3) is 0 Å². The van der Waals surface area contributed by atoms with E-state index in [1.807, 2.05) is 0 Å². The Morgan fingerprint density at radius 1 is 1.40 bits per heavy atom. The van der Waals surface area contributed by atoms with Gasteiger partial charge in [-0.1, -0.05) is 20.8 Å². The number of aryl methyl sites for hydroxylation is 1. The van der Waals surface area contributed by atoms with Gasteiger partial charge in [-0.05, 0) is 31.1 Å². The van der Waals surface area contributed by atoms with E-state index in [9.17, 15) is 0 Å². The molecule has 3 rings (SSSR count). The Bertz CT molecular complexity index is 459. The van der Waals surface area contributed by atoms with E-state index in [0.29, 0.717) is 11.5 Å². The average molecular weight is 293 g/mol. The largest absolute Gasteiger partial charge is 0.311 e. The lowest BCUT2D eigenvalue weighted by atomic mass is 9.84. The smallest absolute Gasteiger partial charge is 0.0897 e. The normalized spacial score (nSPS) is 28.8. The van der Waals surface area contributed by atoms with E-state index in [1.165, 1.54) is 23.5 Å². The standard InChI is InChI=1S/C16H27N3S/c1-11-18-13(10-20-11)8-19-9-15(16(2,3)4)17-7-14(19)12-5-6-12/h10,12,14-15,17H,5-9H2,1-4H3. The minimum atomic E-state index is 0.324. The zero-order chi connectivity index (χ0) is 14.3. The molecule has 2 unspecified atom stereocenters. The molecule has 2 heterocycles. The number of hydrogen-bond acceptors (Lipinski definition) is 4. The van der Waals surface area contributed by atoms with Crippen molar-refractivity contribution in [2.45, 2.75) is 59.2 Å². The Hall–Kier alpha value is -0.450. The molecule has 1 aliphatic heterocycles. The molecular formula is C16H27N3S. The molecular weight excluding hydrogens is 266 g/mol. The Labute approximate surface area is 126 Å². The average Bonchev–Trinajstić information content (AvgIpc) is 3.12. The summed E-state index contributed by atoms with van der Waals surface area (Å²) in [6, 6.07) is 1.30. The molecule has 0 amide bonds. The van der Waals surface area contributed by atoms with E-state index >= 15 is 0 Å². The van der Waals surface area contributed by atoms with Crippen LogP contribution in [0.1, 0.15) is 44.3 Å². The van der Waals surface area contributed by atoms with Crippen molar-refractivity contribution >= 4 is 11.3 Å². The zero-order valence-corrected chi connectivity index (χ0v) is 14.0. The summed E-state index contributed by atoms with van der Waals surface area (Å²) in [5, 5.41) is 7.21. The molecule has 0 bridgehead atoms. The summed E-state index contributed by atoms with van der Waals surface area (Å²) in [5.74, 6) is 0.920. The number of nitrogens with one attached hydrogen (secondary N) is 1. The molecule has 1 aromatic rings. The van der Waals surface area contributed by atoms with Gasteiger partial charge in [0.1, 0.15) is 0 Å². The van der Waals surface area contributed by atoms with Gasteiger partial charge in [-0.15, -0.1) is 11.3 Å². The minimum Gasteiger partial charge on any atom is -0.311 e. The second-order valence-electron chi connectivity index (χ2n) is 7.52. The van der Waals surface area contributed by atoms with Crippen LogP contribution in [0.3, 0.4) is 0 Å². The van der Waals surface area contributed by atoms with Crippen LogP contribution in [0.15, 0.2) is 5.38 Å². The van der Waals surface area contributed by atoms with Gasteiger partial charge >= 0.3 is 0 Å². The van der Waals surface area contributed by atoms with Crippen molar-refractivity contribution in [3.63, 3.8) is 0 Å². The maximum atomic E-state index is 4.66. The maximum absolute atomic E-state index is 4.66. The molecule has 1 aliphatic carbocycles. The van der Waals surface area contributed by atoms with Crippen molar-refractivity contribution in [3.05, 3.63) is 16.1 Å². The lowest BCUT2D eigenvalue weighted by molar-refractivity contribution is 0.0680. The highest BCUT2D eigenvalue weighted by atomic mass is 32.1. The first-order valence-electron chi connectivity index (χ1n) is 7.82. The molecule has 2 atom stereocenters. The summed E-state index contributed by atoms with van der Waals surface area (Å²) in [6.07, 6.45) is 2.83. The quantitative estimate of drug-likeness (QED) is 0.928. The Balaban J connectivity index is 1.71. The highest BCUT2D eigenvalue weighted by molar-refractivity contribution is 7.09. The fraction of sp³-hybridized carbons (Fsp3) is 0.812. The molecule has 2 aliphatic rings. The monoisotopic (exact) mass is 293 g/mol. The van der Waals surface area contributed by atoms with E-state index in [-0.39, 0.29) is 0 Å². The van der Waals surface area contributed by atoms with E-state index < -0.39 is 0 Å². The van der Waals surface area contributed by atoms with Crippen LogP contribution >= 0.6 is 11.3 Å². The molecule has 20 heavy (non-hydrogen) atoms. The predicted molar refractivity (Wildman–Crippen MR) is 85.0 cm³/mol. The molecule has 4 heteroatoms. The molecule has 1 N–H and O–H groups in total. The third-order valence-electron chi connectivity index (χ3n) is 4.70. The van der Waals surface area contributed by atoms with Crippen molar-refractivity contribution in [1.29, 1.82) is 0 Å². The summed E-state index contributed by atoms with van der Waals surface area (Å²) in [4.78, 5) is 7.36. The lowest BCUT2D eigenvalue weighted by Gasteiger charge is -2.45. The lowest BCUT2D eigenvalue weighted by Crippen LogP contribution is -2.60. The summed E-state index contributed by atoms with van der Waals surface area (Å²) >= 11 is 1.77. The molecule has 1 saturated heterocycles. The Morgan fingerprint density at radius 3 is 2.70 bits per heavy atom. The van der Waals surface area contributed by atoms with Gasteiger partial charge in [-0.3, -0.25) is 4.90 Å². The third kappa shape index (κ3) is 3.23. The summed E-state index contributed by atoms with van der Waals surface area (Å²) in [5.41, 5.74) is 1.58. The molecule has 0 aromatic carbocycles. The molecule has 3 nitrogen and oxygen atoms in total. The highest BCUT2D eigenvalue weighted by Gasteiger charge is 2.41. The van der Waals surface area contributed by atoms with E-state index in [4.69, 9.17) is 0 Å². The third-order valence-corrected chi connectivity index (χ3v) is 5.53. The second kappa shape index (κ2) is 5.39.